The topological polar surface area (TPSA) is 79.8 Å². The number of aromatic nitrogens is 4. The van der Waals surface area contributed by atoms with Gasteiger partial charge in [-0.3, -0.25) is 0 Å². The fraction of sp³-hybridized carbons (Fsp3) is 0.304. The quantitative estimate of drug-likeness (QED) is 0.307. The number of halogens is 6. The van der Waals surface area contributed by atoms with Crippen LogP contribution in [0, 0.1) is 0 Å². The number of hydrogen-bond acceptors (Lipinski definition) is 5. The van der Waals surface area contributed by atoms with Crippen LogP contribution in [0.15, 0.2) is 48.7 Å². The van der Waals surface area contributed by atoms with Gasteiger partial charge in [-0.15, -0.1) is 0 Å². The molecule has 7 nitrogen and oxygen atoms in total. The first-order valence-electron chi connectivity index (χ1n) is 10.9. The third-order valence-corrected chi connectivity index (χ3v) is 5.94. The molecule has 13 heteroatoms. The molecule has 1 fully saturated rings. The summed E-state index contributed by atoms with van der Waals surface area (Å²) in [5.41, 5.74) is 0.191. The molecular weight excluding hydrogens is 490 g/mol. The van der Waals surface area contributed by atoms with Crippen molar-refractivity contribution < 1.29 is 31.1 Å². The average Bonchev–Trinajstić information content (AvgIpc) is 3.53. The molecule has 2 aromatic carbocycles. The molecule has 0 aliphatic carbocycles. The molecule has 0 radical (unpaired) electrons. The second-order valence-corrected chi connectivity index (χ2v) is 8.46. The molecule has 2 aromatic heterocycles. The van der Waals surface area contributed by atoms with Crippen LogP contribution >= 0.6 is 0 Å². The highest BCUT2D eigenvalue weighted by Gasteiger charge is 2.35. The van der Waals surface area contributed by atoms with Crippen molar-refractivity contribution in [1.29, 1.82) is 0 Å². The van der Waals surface area contributed by atoms with Gasteiger partial charge in [0.05, 0.1) is 28.8 Å². The van der Waals surface area contributed by atoms with E-state index in [1.807, 2.05) is 0 Å². The second kappa shape index (κ2) is 8.73. The van der Waals surface area contributed by atoms with E-state index >= 15 is 0 Å². The standard InChI is InChI=1S/C23H20F6N6O/c1-35-18-7-6-14(36-15-9-17(30-10-15)20-31-11-19(34-20)23(27,28)29)8-16(18)33-21(35)32-13-4-2-12(3-5-13)22(24,25)26/h2-8,11,15,17,30H,9-10H2,1H3,(H,31,34)(H,32,33). The predicted molar refractivity (Wildman–Crippen MR) is 119 cm³/mol. The highest BCUT2D eigenvalue weighted by atomic mass is 19.4. The van der Waals surface area contributed by atoms with Gasteiger partial charge in [-0.2, -0.15) is 26.3 Å². The summed E-state index contributed by atoms with van der Waals surface area (Å²) in [6.45, 7) is 0.424. The van der Waals surface area contributed by atoms with Crippen LogP contribution in [-0.2, 0) is 19.4 Å². The van der Waals surface area contributed by atoms with Crippen LogP contribution < -0.4 is 15.4 Å². The molecule has 2 atom stereocenters. The molecule has 2 unspecified atom stereocenters. The Morgan fingerprint density at radius 1 is 1.03 bits per heavy atom. The van der Waals surface area contributed by atoms with Gasteiger partial charge in [-0.25, -0.2) is 9.97 Å². The van der Waals surface area contributed by atoms with Gasteiger partial charge < -0.3 is 24.9 Å². The van der Waals surface area contributed by atoms with E-state index < -0.39 is 29.7 Å². The summed E-state index contributed by atoms with van der Waals surface area (Å²) in [6, 6.07) is 9.54. The van der Waals surface area contributed by atoms with Crippen LogP contribution in [-0.4, -0.2) is 32.2 Å². The number of rotatable bonds is 5. The normalized spacial score (nSPS) is 18.6. The number of aromatic amines is 1. The molecule has 5 rings (SSSR count). The molecule has 3 N–H and O–H groups in total. The Bertz CT molecular complexity index is 1370. The minimum Gasteiger partial charge on any atom is -0.489 e. The number of nitrogens with one attached hydrogen (secondary N) is 3. The Labute approximate surface area is 200 Å². The number of anilines is 2. The van der Waals surface area contributed by atoms with Crippen molar-refractivity contribution in [3.63, 3.8) is 0 Å². The number of hydrogen-bond donors (Lipinski definition) is 3. The van der Waals surface area contributed by atoms with Crippen LogP contribution in [0.3, 0.4) is 0 Å². The molecule has 4 aromatic rings. The Balaban J connectivity index is 1.26. The van der Waals surface area contributed by atoms with Crippen molar-refractivity contribution in [2.24, 2.45) is 7.05 Å². The molecule has 0 saturated carbocycles. The summed E-state index contributed by atoms with van der Waals surface area (Å²) < 4.78 is 84.6. The van der Waals surface area contributed by atoms with Crippen LogP contribution in [0.25, 0.3) is 11.0 Å². The van der Waals surface area contributed by atoms with Gasteiger partial charge in [0.2, 0.25) is 5.95 Å². The van der Waals surface area contributed by atoms with Crippen LogP contribution in [0.5, 0.6) is 5.75 Å². The molecule has 1 saturated heterocycles. The van der Waals surface area contributed by atoms with Crippen molar-refractivity contribution in [3.05, 3.63) is 65.7 Å². The van der Waals surface area contributed by atoms with E-state index in [2.05, 4.69) is 25.6 Å². The number of alkyl halides is 6. The molecule has 3 heterocycles. The zero-order valence-corrected chi connectivity index (χ0v) is 18.7. The number of nitrogens with zero attached hydrogens (tertiary/aromatic N) is 3. The van der Waals surface area contributed by atoms with Gasteiger partial charge in [0.25, 0.3) is 0 Å². The SMILES string of the molecule is Cn1c(Nc2ccc(C(F)(F)F)cc2)nc2cc(OC3CNC(c4ncc(C(F)(F)F)[nH]4)C3)ccc21. The number of benzene rings is 2. The number of ether oxygens (including phenoxy) is 1. The van der Waals surface area contributed by atoms with E-state index in [9.17, 15) is 26.3 Å². The fourth-order valence-electron chi connectivity index (χ4n) is 4.09. The lowest BCUT2D eigenvalue weighted by Gasteiger charge is -2.13. The monoisotopic (exact) mass is 510 g/mol. The second-order valence-electron chi connectivity index (χ2n) is 8.46. The molecule has 0 amide bonds. The van der Waals surface area contributed by atoms with Crippen molar-refractivity contribution in [1.82, 2.24) is 24.8 Å². The van der Waals surface area contributed by atoms with Gasteiger partial charge in [0, 0.05) is 31.8 Å². The molecule has 1 aliphatic rings. The zero-order chi connectivity index (χ0) is 25.7. The Hall–Kier alpha value is -3.74. The van der Waals surface area contributed by atoms with E-state index in [0.29, 0.717) is 35.9 Å². The highest BCUT2D eigenvalue weighted by Crippen LogP contribution is 2.33. The van der Waals surface area contributed by atoms with E-state index in [4.69, 9.17) is 4.74 Å². The van der Waals surface area contributed by atoms with Gasteiger partial charge in [0.15, 0.2) is 0 Å². The van der Waals surface area contributed by atoms with Crippen LogP contribution in [0.2, 0.25) is 0 Å². The molecule has 0 bridgehead atoms. The third-order valence-electron chi connectivity index (χ3n) is 5.94. The summed E-state index contributed by atoms with van der Waals surface area (Å²) in [5.74, 6) is 1.17. The van der Waals surface area contributed by atoms with Gasteiger partial charge in [-0.05, 0) is 36.4 Å². The lowest BCUT2D eigenvalue weighted by Crippen LogP contribution is -2.20. The smallest absolute Gasteiger partial charge is 0.432 e. The van der Waals surface area contributed by atoms with Crippen molar-refractivity contribution in [3.8, 4) is 5.75 Å². The molecule has 1 aliphatic heterocycles. The van der Waals surface area contributed by atoms with Crippen LogP contribution in [0.1, 0.15) is 29.5 Å². The van der Waals surface area contributed by atoms with E-state index in [1.54, 1.807) is 29.8 Å². The van der Waals surface area contributed by atoms with Crippen molar-refractivity contribution in [2.45, 2.75) is 30.9 Å². The van der Waals surface area contributed by atoms with Gasteiger partial charge in [-0.1, -0.05) is 0 Å². The third kappa shape index (κ3) is 4.83. The molecular formula is C23H20F6N6O. The average molecular weight is 510 g/mol. The van der Waals surface area contributed by atoms with Crippen molar-refractivity contribution in [2.75, 3.05) is 11.9 Å². The number of aryl methyl sites for hydroxylation is 1. The Morgan fingerprint density at radius 2 is 1.78 bits per heavy atom. The maximum absolute atomic E-state index is 12.8. The minimum atomic E-state index is -4.49. The first-order valence-corrected chi connectivity index (χ1v) is 10.9. The summed E-state index contributed by atoms with van der Waals surface area (Å²) in [7, 11) is 1.77. The maximum atomic E-state index is 12.8. The number of fused-ring (bicyclic) bond motifs is 1. The van der Waals surface area contributed by atoms with E-state index in [1.165, 1.54) is 12.1 Å². The maximum Gasteiger partial charge on any atom is 0.432 e. The minimum absolute atomic E-state index is 0.201. The summed E-state index contributed by atoms with van der Waals surface area (Å²) in [4.78, 5) is 10.7. The first-order chi connectivity index (χ1) is 17.0. The zero-order valence-electron chi connectivity index (χ0n) is 18.7. The van der Waals surface area contributed by atoms with Crippen LogP contribution in [0.4, 0.5) is 38.0 Å². The summed E-state index contributed by atoms with van der Waals surface area (Å²) in [5, 5.41) is 6.13. The number of imidazole rings is 2. The Morgan fingerprint density at radius 3 is 2.44 bits per heavy atom. The van der Waals surface area contributed by atoms with Crippen molar-refractivity contribution >= 4 is 22.7 Å². The predicted octanol–water partition coefficient (Wildman–Crippen LogP) is 5.56. The van der Waals surface area contributed by atoms with Gasteiger partial charge in [0.1, 0.15) is 23.4 Å². The lowest BCUT2D eigenvalue weighted by molar-refractivity contribution is -0.141. The molecule has 36 heavy (non-hydrogen) atoms. The van der Waals surface area contributed by atoms with E-state index in [0.717, 1.165) is 23.8 Å². The lowest BCUT2D eigenvalue weighted by atomic mass is 10.2. The highest BCUT2D eigenvalue weighted by molar-refractivity contribution is 5.81. The van der Waals surface area contributed by atoms with Gasteiger partial charge >= 0.3 is 12.4 Å². The number of H-pyrrole nitrogens is 1. The molecule has 0 spiro atoms. The Kier molecular flexibility index (Phi) is 5.81. The first kappa shape index (κ1) is 24.0. The molecule has 190 valence electrons. The van der Waals surface area contributed by atoms with E-state index in [-0.39, 0.29) is 11.9 Å². The largest absolute Gasteiger partial charge is 0.489 e. The fourth-order valence-corrected chi connectivity index (χ4v) is 4.09. The summed E-state index contributed by atoms with van der Waals surface area (Å²) >= 11 is 0. The summed E-state index contributed by atoms with van der Waals surface area (Å²) in [6.07, 6.45) is -7.99.